The number of hydrogen-bond donors (Lipinski definition) is 4. The number of nitrogens with two attached hydrogens (primary N) is 1. The number of piperazine rings is 1. The van der Waals surface area contributed by atoms with Crippen LogP contribution < -0.4 is 21.7 Å². The maximum atomic E-state index is 13.2. The smallest absolute Gasteiger partial charge is 0.351 e. The molecule has 5 rings (SSSR count). The van der Waals surface area contributed by atoms with E-state index in [2.05, 4.69) is 37.5 Å². The molecule has 0 aliphatic carbocycles. The lowest BCUT2D eigenvalue weighted by molar-refractivity contribution is -0.137. The Morgan fingerprint density at radius 3 is 2.46 bits per heavy atom. The molecule has 0 bridgehead atoms. The first kappa shape index (κ1) is 29.7. The third kappa shape index (κ3) is 8.13. The molecule has 41 heavy (non-hydrogen) atoms. The molecule has 216 valence electrons. The van der Waals surface area contributed by atoms with Crippen LogP contribution in [0, 0.1) is 0 Å². The molecule has 2 aromatic heterocycles. The second-order valence-corrected chi connectivity index (χ2v) is 9.27. The number of carbonyl (C=O) groups is 1. The molecule has 3 heterocycles. The summed E-state index contributed by atoms with van der Waals surface area (Å²) < 4.78 is 41.1. The van der Waals surface area contributed by atoms with Gasteiger partial charge in [0.1, 0.15) is 0 Å². The number of nitrogens with zero attached hydrogens (tertiary/aromatic N) is 4. The molecule has 0 spiro atoms. The van der Waals surface area contributed by atoms with Gasteiger partial charge in [0.05, 0.1) is 11.3 Å². The van der Waals surface area contributed by atoms with Crippen molar-refractivity contribution in [1.82, 2.24) is 30.1 Å². The monoisotopic (exact) mass is 566 g/mol. The molecule has 1 aliphatic heterocycles. The summed E-state index contributed by atoms with van der Waals surface area (Å²) in [7, 11) is 0. The summed E-state index contributed by atoms with van der Waals surface area (Å²) in [4.78, 5) is 19.2. The maximum absolute atomic E-state index is 13.2. The summed E-state index contributed by atoms with van der Waals surface area (Å²) in [5, 5.41) is 13.8. The molecule has 1 aliphatic rings. The fourth-order valence-corrected chi connectivity index (χ4v) is 4.23. The molecule has 0 saturated carbocycles. The number of halogens is 3. The fourth-order valence-electron chi connectivity index (χ4n) is 4.23. The van der Waals surface area contributed by atoms with E-state index in [4.69, 9.17) is 5.73 Å². The molecule has 1 amide bonds. The lowest BCUT2D eigenvalue weighted by Crippen LogP contribution is -2.46. The van der Waals surface area contributed by atoms with Crippen LogP contribution in [0.4, 0.5) is 24.8 Å². The number of anilines is 2. The first-order valence-corrected chi connectivity index (χ1v) is 13.2. The topological polar surface area (TPSA) is 113 Å². The van der Waals surface area contributed by atoms with Gasteiger partial charge in [-0.2, -0.15) is 18.2 Å². The summed E-state index contributed by atoms with van der Waals surface area (Å²) in [5.74, 6) is 0.144. The number of amides is 1. The molecule has 12 heteroatoms. The number of rotatable bonds is 8. The van der Waals surface area contributed by atoms with Crippen LogP contribution in [0.2, 0.25) is 0 Å². The van der Waals surface area contributed by atoms with Gasteiger partial charge in [-0.1, -0.05) is 24.3 Å². The van der Waals surface area contributed by atoms with Gasteiger partial charge in [-0.3, -0.25) is 9.69 Å². The number of fused-ring (bicyclic) bond motifs is 1. The van der Waals surface area contributed by atoms with E-state index in [0.717, 1.165) is 44.9 Å². The van der Waals surface area contributed by atoms with Crippen molar-refractivity contribution in [3.8, 4) is 11.3 Å². The van der Waals surface area contributed by atoms with Crippen LogP contribution in [0.15, 0.2) is 79.4 Å². The van der Waals surface area contributed by atoms with E-state index in [-0.39, 0.29) is 11.9 Å². The number of benzene rings is 2. The van der Waals surface area contributed by atoms with Gasteiger partial charge in [0.2, 0.25) is 5.95 Å². The molecule has 9 nitrogen and oxygen atoms in total. The fraction of sp³-hybridized carbons (Fsp3) is 0.276. The normalized spacial score (nSPS) is 13.8. The number of carbonyl (C=O) groups excluding carboxylic acids is 1. The molecular weight excluding hydrogens is 533 g/mol. The summed E-state index contributed by atoms with van der Waals surface area (Å²) in [6.07, 6.45) is -2.78. The van der Waals surface area contributed by atoms with E-state index in [1.165, 1.54) is 10.6 Å². The standard InChI is InChI=1S/C26H26F3N7O.C3H7N/c27-26(28,29)20-4-1-3-19(17-20)22-5-2-6-23-33-25(34-36(22)23)32-21-9-7-18(8-10-21)24(37)31-13-16-35-14-11-30-12-15-35;1-2-3-4/h1-10,17,30H,11-16H2,(H,31,37)(H,32,34);2H,1,3-4H2. The Kier molecular flexibility index (Phi) is 10.1. The maximum Gasteiger partial charge on any atom is 0.416 e. The van der Waals surface area contributed by atoms with Gasteiger partial charge in [-0.25, -0.2) is 4.52 Å². The van der Waals surface area contributed by atoms with Gasteiger partial charge < -0.3 is 21.7 Å². The number of alkyl halides is 3. The number of aromatic nitrogens is 3. The average molecular weight is 567 g/mol. The molecule has 4 aromatic rings. The molecule has 0 unspecified atom stereocenters. The van der Waals surface area contributed by atoms with Gasteiger partial charge in [0.15, 0.2) is 5.65 Å². The molecule has 1 saturated heterocycles. The lowest BCUT2D eigenvalue weighted by Gasteiger charge is -2.27. The van der Waals surface area contributed by atoms with Gasteiger partial charge >= 0.3 is 6.18 Å². The Balaban J connectivity index is 0.000000909. The summed E-state index contributed by atoms with van der Waals surface area (Å²) in [6.45, 7) is 9.23. The molecule has 0 atom stereocenters. The highest BCUT2D eigenvalue weighted by atomic mass is 19.4. The predicted octanol–water partition coefficient (Wildman–Crippen LogP) is 3.92. The number of pyridine rings is 1. The second kappa shape index (κ2) is 13.9. The van der Waals surface area contributed by atoms with Crippen LogP contribution >= 0.6 is 0 Å². The van der Waals surface area contributed by atoms with E-state index in [9.17, 15) is 18.0 Å². The highest BCUT2D eigenvalue weighted by Crippen LogP contribution is 2.32. The zero-order valence-corrected chi connectivity index (χ0v) is 22.5. The Morgan fingerprint density at radius 1 is 1.07 bits per heavy atom. The quantitative estimate of drug-likeness (QED) is 0.239. The summed E-state index contributed by atoms with van der Waals surface area (Å²) in [5.41, 5.74) is 6.74. The largest absolute Gasteiger partial charge is 0.416 e. The van der Waals surface area contributed by atoms with Crippen LogP contribution in [-0.2, 0) is 6.18 Å². The predicted molar refractivity (Wildman–Crippen MR) is 154 cm³/mol. The van der Waals surface area contributed by atoms with Crippen LogP contribution in [-0.4, -0.2) is 71.2 Å². The highest BCUT2D eigenvalue weighted by Gasteiger charge is 2.30. The van der Waals surface area contributed by atoms with E-state index in [0.29, 0.717) is 41.2 Å². The van der Waals surface area contributed by atoms with E-state index in [1.54, 1.807) is 54.6 Å². The van der Waals surface area contributed by atoms with Crippen molar-refractivity contribution < 1.29 is 18.0 Å². The van der Waals surface area contributed by atoms with Gasteiger partial charge in [0, 0.05) is 62.6 Å². The minimum absolute atomic E-state index is 0.140. The van der Waals surface area contributed by atoms with Crippen LogP contribution in [0.1, 0.15) is 15.9 Å². The van der Waals surface area contributed by atoms with Crippen LogP contribution in [0.3, 0.4) is 0 Å². The van der Waals surface area contributed by atoms with Crippen molar-refractivity contribution >= 4 is 23.2 Å². The Bertz CT molecular complexity index is 1450. The van der Waals surface area contributed by atoms with E-state index in [1.807, 2.05) is 0 Å². The molecule has 2 aromatic carbocycles. The van der Waals surface area contributed by atoms with Gasteiger partial charge in [-0.15, -0.1) is 11.7 Å². The Labute approximate surface area is 236 Å². The zero-order chi connectivity index (χ0) is 29.2. The Hall–Kier alpha value is -4.26. The van der Waals surface area contributed by atoms with Gasteiger partial charge in [0.25, 0.3) is 5.91 Å². The highest BCUT2D eigenvalue weighted by molar-refractivity contribution is 5.94. The van der Waals surface area contributed by atoms with E-state index >= 15 is 0 Å². The van der Waals surface area contributed by atoms with Crippen molar-refractivity contribution in [2.75, 3.05) is 51.1 Å². The average Bonchev–Trinajstić information content (AvgIpc) is 3.40. The third-order valence-electron chi connectivity index (χ3n) is 6.34. The SMILES string of the molecule is C=CCN.O=C(NCCN1CCNCC1)c1ccc(Nc2nc3cccc(-c4cccc(C(F)(F)F)c4)n3n2)cc1. The summed E-state index contributed by atoms with van der Waals surface area (Å²) >= 11 is 0. The van der Waals surface area contributed by atoms with Crippen molar-refractivity contribution in [2.24, 2.45) is 5.73 Å². The Morgan fingerprint density at radius 2 is 1.78 bits per heavy atom. The lowest BCUT2D eigenvalue weighted by atomic mass is 10.1. The van der Waals surface area contributed by atoms with Crippen LogP contribution in [0.5, 0.6) is 0 Å². The summed E-state index contributed by atoms with van der Waals surface area (Å²) in [6, 6.07) is 17.2. The first-order valence-electron chi connectivity index (χ1n) is 13.2. The molecule has 5 N–H and O–H groups in total. The van der Waals surface area contributed by atoms with E-state index < -0.39 is 11.7 Å². The van der Waals surface area contributed by atoms with Crippen molar-refractivity contribution in [3.05, 3.63) is 90.5 Å². The van der Waals surface area contributed by atoms with Crippen LogP contribution in [0.25, 0.3) is 16.9 Å². The molecular formula is C29H33F3N8O. The van der Waals surface area contributed by atoms with Crippen molar-refractivity contribution in [2.45, 2.75) is 6.18 Å². The number of nitrogens with one attached hydrogen (secondary N) is 3. The third-order valence-corrected chi connectivity index (χ3v) is 6.34. The first-order chi connectivity index (χ1) is 19.8. The minimum Gasteiger partial charge on any atom is -0.351 e. The van der Waals surface area contributed by atoms with Crippen molar-refractivity contribution in [3.63, 3.8) is 0 Å². The second-order valence-electron chi connectivity index (χ2n) is 9.27. The zero-order valence-electron chi connectivity index (χ0n) is 22.5. The molecule has 1 fully saturated rings. The number of hydrogen-bond acceptors (Lipinski definition) is 7. The molecule has 0 radical (unpaired) electrons. The van der Waals surface area contributed by atoms with Crippen molar-refractivity contribution in [1.29, 1.82) is 0 Å². The van der Waals surface area contributed by atoms with Gasteiger partial charge in [-0.05, 0) is 48.5 Å². The minimum atomic E-state index is -4.44.